The Morgan fingerprint density at radius 2 is 1.97 bits per heavy atom. The summed E-state index contributed by atoms with van der Waals surface area (Å²) < 4.78 is 5.64. The lowest BCUT2D eigenvalue weighted by Gasteiger charge is -2.35. The summed E-state index contributed by atoms with van der Waals surface area (Å²) in [4.78, 5) is 23.8. The van der Waals surface area contributed by atoms with Crippen molar-refractivity contribution in [2.75, 3.05) is 23.0 Å². The molecule has 8 heteroatoms. The Kier molecular flexibility index (Phi) is 7.44. The standard InChI is InChI=1S/C25H35N5O2S/c1-25(2,3)32-24(31)30-14-13-20(19-11-7-8-12-21(19)30)26-15-17-16-27-23(33-4)29-22(17)28-18-9-5-6-10-18/h7-8,11-12,16,18,20,26H,5-6,9-10,13-15H2,1-4H3,(H,27,28,29). The van der Waals surface area contributed by atoms with Crippen molar-refractivity contribution in [3.8, 4) is 0 Å². The fourth-order valence-corrected chi connectivity index (χ4v) is 4.86. The molecule has 1 aromatic heterocycles. The SMILES string of the molecule is CSc1ncc(CNC2CCN(C(=O)OC(C)(C)C)c3ccccc32)c(NC2CCCC2)n1. The van der Waals surface area contributed by atoms with E-state index in [4.69, 9.17) is 9.72 Å². The van der Waals surface area contributed by atoms with Crippen molar-refractivity contribution in [3.05, 3.63) is 41.6 Å². The number of carbonyl (C=O) groups excluding carboxylic acids is 1. The Bertz CT molecular complexity index is 972. The van der Waals surface area contributed by atoms with Gasteiger partial charge >= 0.3 is 6.09 Å². The maximum Gasteiger partial charge on any atom is 0.414 e. The second-order valence-corrected chi connectivity index (χ2v) is 10.5. The molecule has 0 bridgehead atoms. The van der Waals surface area contributed by atoms with E-state index in [-0.39, 0.29) is 12.1 Å². The molecule has 33 heavy (non-hydrogen) atoms. The molecule has 2 aromatic rings. The molecule has 1 amide bonds. The van der Waals surface area contributed by atoms with Gasteiger partial charge < -0.3 is 15.4 Å². The zero-order valence-corrected chi connectivity index (χ0v) is 20.9. The number of benzene rings is 1. The molecule has 1 aromatic carbocycles. The average molecular weight is 470 g/mol. The van der Waals surface area contributed by atoms with Crippen molar-refractivity contribution in [1.29, 1.82) is 0 Å². The molecular weight excluding hydrogens is 434 g/mol. The highest BCUT2D eigenvalue weighted by atomic mass is 32.2. The second-order valence-electron chi connectivity index (χ2n) is 9.77. The van der Waals surface area contributed by atoms with Gasteiger partial charge in [-0.05, 0) is 57.9 Å². The Hall–Kier alpha value is -2.32. The summed E-state index contributed by atoms with van der Waals surface area (Å²) in [5.41, 5.74) is 2.58. The summed E-state index contributed by atoms with van der Waals surface area (Å²) in [6.07, 6.45) is 9.40. The molecule has 0 spiro atoms. The molecule has 1 atom stereocenters. The van der Waals surface area contributed by atoms with Crippen LogP contribution in [0, 0.1) is 0 Å². The van der Waals surface area contributed by atoms with Crippen LogP contribution in [0.1, 0.15) is 70.0 Å². The Labute approximate surface area is 201 Å². The van der Waals surface area contributed by atoms with Crippen LogP contribution >= 0.6 is 11.8 Å². The first-order valence-electron chi connectivity index (χ1n) is 11.8. The monoisotopic (exact) mass is 469 g/mol. The minimum absolute atomic E-state index is 0.138. The van der Waals surface area contributed by atoms with Gasteiger partial charge in [-0.2, -0.15) is 0 Å². The van der Waals surface area contributed by atoms with Crippen molar-refractivity contribution >= 4 is 29.4 Å². The van der Waals surface area contributed by atoms with Crippen molar-refractivity contribution in [1.82, 2.24) is 15.3 Å². The first-order valence-corrected chi connectivity index (χ1v) is 13.1. The number of ether oxygens (including phenoxy) is 1. The van der Waals surface area contributed by atoms with Gasteiger partial charge in [-0.25, -0.2) is 14.8 Å². The van der Waals surface area contributed by atoms with Gasteiger partial charge in [0.15, 0.2) is 5.16 Å². The number of para-hydroxylation sites is 1. The molecule has 1 fully saturated rings. The van der Waals surface area contributed by atoms with Crippen LogP contribution in [0.25, 0.3) is 0 Å². The van der Waals surface area contributed by atoms with Gasteiger partial charge in [-0.15, -0.1) is 0 Å². The summed E-state index contributed by atoms with van der Waals surface area (Å²) in [6.45, 7) is 6.96. The largest absolute Gasteiger partial charge is 0.443 e. The smallest absolute Gasteiger partial charge is 0.414 e. The van der Waals surface area contributed by atoms with E-state index in [9.17, 15) is 4.79 Å². The van der Waals surface area contributed by atoms with Crippen LogP contribution < -0.4 is 15.5 Å². The predicted molar refractivity (Wildman–Crippen MR) is 134 cm³/mol. The van der Waals surface area contributed by atoms with Crippen molar-refractivity contribution in [2.45, 2.75) is 82.3 Å². The number of aromatic nitrogens is 2. The number of nitrogens with zero attached hydrogens (tertiary/aromatic N) is 3. The van der Waals surface area contributed by atoms with Gasteiger partial charge in [-0.3, -0.25) is 4.90 Å². The zero-order valence-electron chi connectivity index (χ0n) is 20.1. The van der Waals surface area contributed by atoms with E-state index in [0.717, 1.165) is 34.2 Å². The minimum atomic E-state index is -0.521. The van der Waals surface area contributed by atoms with E-state index < -0.39 is 5.60 Å². The van der Waals surface area contributed by atoms with Crippen LogP contribution in [0.3, 0.4) is 0 Å². The topological polar surface area (TPSA) is 79.4 Å². The lowest BCUT2D eigenvalue weighted by molar-refractivity contribution is 0.0576. The molecule has 1 aliphatic heterocycles. The summed E-state index contributed by atoms with van der Waals surface area (Å²) in [7, 11) is 0. The molecule has 0 radical (unpaired) electrons. The molecular formula is C25H35N5O2S. The highest BCUT2D eigenvalue weighted by Crippen LogP contribution is 2.35. The molecule has 0 saturated heterocycles. The van der Waals surface area contributed by atoms with Gasteiger partial charge in [0.2, 0.25) is 0 Å². The predicted octanol–water partition coefficient (Wildman–Crippen LogP) is 5.53. The third kappa shape index (κ3) is 5.98. The van der Waals surface area contributed by atoms with Crippen LogP contribution in [0.15, 0.2) is 35.6 Å². The summed E-state index contributed by atoms with van der Waals surface area (Å²) in [6, 6.07) is 8.71. The fourth-order valence-electron chi connectivity index (χ4n) is 4.52. The van der Waals surface area contributed by atoms with Crippen molar-refractivity contribution in [3.63, 3.8) is 0 Å². The molecule has 1 aliphatic carbocycles. The number of carbonyl (C=O) groups is 1. The van der Waals surface area contributed by atoms with Gasteiger partial charge in [0.25, 0.3) is 0 Å². The molecule has 178 valence electrons. The quantitative estimate of drug-likeness (QED) is 0.425. The van der Waals surface area contributed by atoms with E-state index in [2.05, 4.69) is 21.7 Å². The maximum absolute atomic E-state index is 12.8. The first-order chi connectivity index (χ1) is 15.8. The number of thioether (sulfide) groups is 1. The van der Waals surface area contributed by atoms with Crippen LogP contribution in [0.2, 0.25) is 0 Å². The van der Waals surface area contributed by atoms with Crippen LogP contribution in [0.4, 0.5) is 16.3 Å². The number of anilines is 2. The van der Waals surface area contributed by atoms with Gasteiger partial charge in [0.1, 0.15) is 11.4 Å². The molecule has 1 saturated carbocycles. The van der Waals surface area contributed by atoms with E-state index in [1.54, 1.807) is 16.7 Å². The number of hydrogen-bond acceptors (Lipinski definition) is 7. The Balaban J connectivity index is 1.49. The second kappa shape index (κ2) is 10.3. The molecule has 2 aliphatic rings. The highest BCUT2D eigenvalue weighted by molar-refractivity contribution is 7.98. The van der Waals surface area contributed by atoms with Crippen LogP contribution in [-0.2, 0) is 11.3 Å². The minimum Gasteiger partial charge on any atom is -0.443 e. The Morgan fingerprint density at radius 3 is 2.70 bits per heavy atom. The molecule has 2 N–H and O–H groups in total. The number of amides is 1. The summed E-state index contributed by atoms with van der Waals surface area (Å²) in [5.74, 6) is 0.938. The van der Waals surface area contributed by atoms with Crippen molar-refractivity contribution < 1.29 is 9.53 Å². The van der Waals surface area contributed by atoms with Gasteiger partial charge in [0.05, 0.1) is 5.69 Å². The number of fused-ring (bicyclic) bond motifs is 1. The average Bonchev–Trinajstić information content (AvgIpc) is 3.30. The van der Waals surface area contributed by atoms with E-state index in [1.165, 1.54) is 25.7 Å². The summed E-state index contributed by atoms with van der Waals surface area (Å²) >= 11 is 1.56. The normalized spacial score (nSPS) is 18.8. The Morgan fingerprint density at radius 1 is 1.21 bits per heavy atom. The molecule has 7 nitrogen and oxygen atoms in total. The third-order valence-electron chi connectivity index (χ3n) is 6.12. The molecule has 2 heterocycles. The summed E-state index contributed by atoms with van der Waals surface area (Å²) in [5, 5.41) is 8.15. The maximum atomic E-state index is 12.8. The van der Waals surface area contributed by atoms with Crippen LogP contribution in [0.5, 0.6) is 0 Å². The van der Waals surface area contributed by atoms with Crippen LogP contribution in [-0.4, -0.2) is 40.5 Å². The lowest BCUT2D eigenvalue weighted by Crippen LogP contribution is -2.42. The zero-order chi connectivity index (χ0) is 23.4. The van der Waals surface area contributed by atoms with Gasteiger partial charge in [-0.1, -0.05) is 42.8 Å². The number of rotatable bonds is 6. The van der Waals surface area contributed by atoms with E-state index >= 15 is 0 Å². The van der Waals surface area contributed by atoms with Crippen molar-refractivity contribution in [2.24, 2.45) is 0 Å². The third-order valence-corrected chi connectivity index (χ3v) is 6.68. The highest BCUT2D eigenvalue weighted by Gasteiger charge is 2.31. The number of hydrogen-bond donors (Lipinski definition) is 2. The lowest BCUT2D eigenvalue weighted by atomic mass is 9.96. The molecule has 1 unspecified atom stereocenters. The molecule has 4 rings (SSSR count). The fraction of sp³-hybridized carbons (Fsp3) is 0.560. The van der Waals surface area contributed by atoms with E-state index in [1.807, 2.05) is 51.4 Å². The van der Waals surface area contributed by atoms with E-state index in [0.29, 0.717) is 19.1 Å². The number of nitrogens with one attached hydrogen (secondary N) is 2. The first kappa shape index (κ1) is 23.8. The van der Waals surface area contributed by atoms with Gasteiger partial charge in [0, 0.05) is 36.9 Å².